The Morgan fingerprint density at radius 1 is 0.963 bits per heavy atom. The lowest BCUT2D eigenvalue weighted by atomic mass is 10.1. The number of hydrogen-bond acceptors (Lipinski definition) is 3. The zero-order chi connectivity index (χ0) is 18.4. The van der Waals surface area contributed by atoms with Gasteiger partial charge in [0.1, 0.15) is 11.5 Å². The van der Waals surface area contributed by atoms with Crippen LogP contribution in [0.5, 0.6) is 0 Å². The summed E-state index contributed by atoms with van der Waals surface area (Å²) in [7, 11) is 0. The third-order valence-corrected chi connectivity index (χ3v) is 4.63. The highest BCUT2D eigenvalue weighted by molar-refractivity contribution is 5.73. The van der Waals surface area contributed by atoms with Crippen molar-refractivity contribution in [2.75, 3.05) is 0 Å². The van der Waals surface area contributed by atoms with Gasteiger partial charge in [0, 0.05) is 11.8 Å². The number of imidazole rings is 1. The van der Waals surface area contributed by atoms with Crippen molar-refractivity contribution in [1.29, 1.82) is 0 Å². The number of halogens is 1. The van der Waals surface area contributed by atoms with Crippen LogP contribution in [0, 0.1) is 5.82 Å². The van der Waals surface area contributed by atoms with Crippen LogP contribution in [-0.2, 0) is 6.54 Å². The monoisotopic (exact) mass is 359 g/mol. The van der Waals surface area contributed by atoms with Crippen molar-refractivity contribution >= 4 is 16.7 Å². The predicted molar refractivity (Wildman–Crippen MR) is 100 cm³/mol. The minimum absolute atomic E-state index is 0.285. The van der Waals surface area contributed by atoms with Crippen LogP contribution >= 0.6 is 0 Å². The van der Waals surface area contributed by atoms with Crippen LogP contribution in [0.25, 0.3) is 28.0 Å². The van der Waals surface area contributed by atoms with Gasteiger partial charge in [0.25, 0.3) is 0 Å². The van der Waals surface area contributed by atoms with Gasteiger partial charge in [-0.2, -0.15) is 0 Å². The number of rotatable bonds is 3. The highest BCUT2D eigenvalue weighted by Crippen LogP contribution is 2.26. The molecule has 0 atom stereocenters. The summed E-state index contributed by atoms with van der Waals surface area (Å²) < 4.78 is 22.2. The van der Waals surface area contributed by atoms with Gasteiger partial charge in [0.05, 0.1) is 23.4 Å². The Balaban J connectivity index is 1.74. The van der Waals surface area contributed by atoms with E-state index < -0.39 is 5.76 Å². The summed E-state index contributed by atoms with van der Waals surface area (Å²) in [5.41, 5.74) is 4.34. The highest BCUT2D eigenvalue weighted by Gasteiger charge is 2.17. The van der Waals surface area contributed by atoms with Gasteiger partial charge < -0.3 is 8.82 Å². The zero-order valence-corrected chi connectivity index (χ0v) is 14.2. The fourth-order valence-electron chi connectivity index (χ4n) is 3.35. The number of benzene rings is 2. The van der Waals surface area contributed by atoms with Crippen LogP contribution in [0.3, 0.4) is 0 Å². The van der Waals surface area contributed by atoms with Gasteiger partial charge in [-0.3, -0.25) is 4.57 Å². The lowest BCUT2D eigenvalue weighted by Crippen LogP contribution is -2.16. The van der Waals surface area contributed by atoms with E-state index in [-0.39, 0.29) is 12.4 Å². The van der Waals surface area contributed by atoms with Crippen molar-refractivity contribution in [3.63, 3.8) is 0 Å². The summed E-state index contributed by atoms with van der Waals surface area (Å²) in [4.78, 5) is 17.1. The molecule has 6 heteroatoms. The van der Waals surface area contributed by atoms with Crippen molar-refractivity contribution in [3.8, 4) is 11.3 Å². The molecule has 0 unspecified atom stereocenters. The summed E-state index contributed by atoms with van der Waals surface area (Å²) in [6, 6.07) is 19.2. The van der Waals surface area contributed by atoms with Crippen LogP contribution in [0.4, 0.5) is 4.39 Å². The van der Waals surface area contributed by atoms with Gasteiger partial charge in [-0.05, 0) is 48.5 Å². The molecule has 3 aromatic heterocycles. The molecule has 0 aliphatic rings. The molecule has 0 saturated carbocycles. The van der Waals surface area contributed by atoms with Gasteiger partial charge in [0.15, 0.2) is 5.58 Å². The number of aromatic nitrogens is 3. The molecule has 0 fully saturated rings. The van der Waals surface area contributed by atoms with E-state index in [1.807, 2.05) is 47.0 Å². The molecule has 2 aromatic carbocycles. The van der Waals surface area contributed by atoms with Gasteiger partial charge in [-0.1, -0.05) is 18.2 Å². The van der Waals surface area contributed by atoms with Gasteiger partial charge in [-0.15, -0.1) is 0 Å². The molecular weight excluding hydrogens is 345 g/mol. The fraction of sp³-hybridized carbons (Fsp3) is 0.0476. The maximum atomic E-state index is 13.4. The molecule has 0 amide bonds. The summed E-state index contributed by atoms with van der Waals surface area (Å²) in [5, 5.41) is 0. The first-order valence-electron chi connectivity index (χ1n) is 8.51. The van der Waals surface area contributed by atoms with Gasteiger partial charge >= 0.3 is 5.76 Å². The van der Waals surface area contributed by atoms with E-state index >= 15 is 0 Å². The van der Waals surface area contributed by atoms with Crippen molar-refractivity contribution in [2.24, 2.45) is 0 Å². The van der Waals surface area contributed by atoms with Gasteiger partial charge in [0.2, 0.25) is 0 Å². The van der Waals surface area contributed by atoms with Crippen molar-refractivity contribution in [1.82, 2.24) is 14.0 Å². The second-order valence-electron chi connectivity index (χ2n) is 6.26. The number of nitrogens with zero attached hydrogens (tertiary/aromatic N) is 3. The minimum Gasteiger partial charge on any atom is -0.408 e. The number of hydrogen-bond donors (Lipinski definition) is 0. The molecule has 0 spiro atoms. The van der Waals surface area contributed by atoms with Crippen LogP contribution in [0.1, 0.15) is 5.69 Å². The SMILES string of the molecule is O=c1oc2ccccc2n1Cc1c(-c2ccc(F)cc2)nc2ccccn12. The van der Waals surface area contributed by atoms with E-state index in [4.69, 9.17) is 9.40 Å². The Bertz CT molecular complexity index is 1330. The predicted octanol–water partition coefficient (Wildman–Crippen LogP) is 4.10. The quantitative estimate of drug-likeness (QED) is 0.487. The molecule has 5 nitrogen and oxygen atoms in total. The zero-order valence-electron chi connectivity index (χ0n) is 14.2. The average molecular weight is 359 g/mol. The third kappa shape index (κ3) is 2.54. The normalized spacial score (nSPS) is 11.4. The molecule has 5 rings (SSSR count). The summed E-state index contributed by atoms with van der Waals surface area (Å²) >= 11 is 0. The number of para-hydroxylation sites is 2. The van der Waals surface area contributed by atoms with Crippen LogP contribution in [0.2, 0.25) is 0 Å². The third-order valence-electron chi connectivity index (χ3n) is 4.63. The Kier molecular flexibility index (Phi) is 3.43. The molecule has 0 bridgehead atoms. The standard InChI is InChI=1S/C21H14FN3O2/c22-15-10-8-14(9-11-15)20-17(24-12-4-3-7-19(24)23-20)13-25-16-5-1-2-6-18(16)27-21(25)26/h1-12H,13H2. The largest absolute Gasteiger partial charge is 0.420 e. The highest BCUT2D eigenvalue weighted by atomic mass is 19.1. The first-order valence-corrected chi connectivity index (χ1v) is 8.51. The maximum Gasteiger partial charge on any atom is 0.420 e. The van der Waals surface area contributed by atoms with E-state index in [1.165, 1.54) is 12.1 Å². The lowest BCUT2D eigenvalue weighted by molar-refractivity contribution is 0.516. The van der Waals surface area contributed by atoms with E-state index in [9.17, 15) is 9.18 Å². The van der Waals surface area contributed by atoms with E-state index in [1.54, 1.807) is 22.8 Å². The molecule has 0 radical (unpaired) electrons. The maximum absolute atomic E-state index is 13.4. The Hall–Kier alpha value is -3.67. The van der Waals surface area contributed by atoms with Crippen molar-refractivity contribution < 1.29 is 8.81 Å². The first-order chi connectivity index (χ1) is 13.2. The first kappa shape index (κ1) is 15.6. The topological polar surface area (TPSA) is 52.4 Å². The van der Waals surface area contributed by atoms with E-state index in [2.05, 4.69) is 0 Å². The second kappa shape index (κ2) is 5.95. The Morgan fingerprint density at radius 2 is 1.74 bits per heavy atom. The van der Waals surface area contributed by atoms with Gasteiger partial charge in [-0.25, -0.2) is 14.2 Å². The fourth-order valence-corrected chi connectivity index (χ4v) is 3.35. The molecule has 0 aliphatic heterocycles. The van der Waals surface area contributed by atoms with Crippen LogP contribution < -0.4 is 5.76 Å². The molecule has 0 aliphatic carbocycles. The number of fused-ring (bicyclic) bond motifs is 2. The summed E-state index contributed by atoms with van der Waals surface area (Å²) in [6.07, 6.45) is 1.90. The molecule has 132 valence electrons. The number of oxazole rings is 1. The van der Waals surface area contributed by atoms with Crippen LogP contribution in [-0.4, -0.2) is 14.0 Å². The lowest BCUT2D eigenvalue weighted by Gasteiger charge is -2.06. The molecule has 5 aromatic rings. The Labute approximate surface area is 152 Å². The second-order valence-corrected chi connectivity index (χ2v) is 6.26. The molecule has 3 heterocycles. The molecular formula is C21H14FN3O2. The average Bonchev–Trinajstić information content (AvgIpc) is 3.21. The van der Waals surface area contributed by atoms with E-state index in [0.717, 1.165) is 22.4 Å². The summed E-state index contributed by atoms with van der Waals surface area (Å²) in [5.74, 6) is -0.728. The molecule has 27 heavy (non-hydrogen) atoms. The van der Waals surface area contributed by atoms with E-state index in [0.29, 0.717) is 11.3 Å². The summed E-state index contributed by atoms with van der Waals surface area (Å²) in [6.45, 7) is 0.285. The minimum atomic E-state index is -0.424. The molecule has 0 saturated heterocycles. The van der Waals surface area contributed by atoms with Crippen LogP contribution in [0.15, 0.2) is 82.1 Å². The van der Waals surface area contributed by atoms with Crippen molar-refractivity contribution in [3.05, 3.63) is 95.0 Å². The number of pyridine rings is 1. The molecule has 0 N–H and O–H groups in total. The van der Waals surface area contributed by atoms with Crippen molar-refractivity contribution in [2.45, 2.75) is 6.54 Å². The Morgan fingerprint density at radius 3 is 2.59 bits per heavy atom. The smallest absolute Gasteiger partial charge is 0.408 e.